The normalized spacial score (nSPS) is 17.4. The number of nitrogen functional groups attached to an aromatic ring is 1. The van der Waals surface area contributed by atoms with E-state index in [9.17, 15) is 4.79 Å². The molecule has 2 aromatic heterocycles. The minimum Gasteiger partial charge on any atom is -0.381 e. The van der Waals surface area contributed by atoms with Gasteiger partial charge in [-0.1, -0.05) is 0 Å². The average Bonchev–Trinajstić information content (AvgIpc) is 2.68. The topological polar surface area (TPSA) is 98.3 Å². The van der Waals surface area contributed by atoms with Crippen LogP contribution in [0.1, 0.15) is 30.3 Å². The Morgan fingerprint density at radius 3 is 2.83 bits per heavy atom. The van der Waals surface area contributed by atoms with Crippen LogP contribution in [-0.2, 0) is 4.74 Å². The number of hydrogen-bond acceptors (Lipinski definition) is 5. The van der Waals surface area contributed by atoms with E-state index in [0.717, 1.165) is 24.4 Å². The minimum atomic E-state index is -0.278. The first kappa shape index (κ1) is 11.2. The van der Waals surface area contributed by atoms with Gasteiger partial charge >= 0.3 is 5.69 Å². The maximum atomic E-state index is 12.0. The van der Waals surface area contributed by atoms with E-state index in [-0.39, 0.29) is 17.6 Å². The first-order chi connectivity index (χ1) is 8.66. The molecule has 1 saturated heterocycles. The van der Waals surface area contributed by atoms with Crippen LogP contribution in [0.3, 0.4) is 0 Å². The Labute approximate surface area is 103 Å². The van der Waals surface area contributed by atoms with E-state index in [1.165, 1.54) is 4.40 Å². The largest absolute Gasteiger partial charge is 0.381 e. The molecule has 0 unspecified atom stereocenters. The van der Waals surface area contributed by atoms with Gasteiger partial charge in [-0.25, -0.2) is 14.2 Å². The van der Waals surface area contributed by atoms with E-state index in [2.05, 4.69) is 15.0 Å². The summed E-state index contributed by atoms with van der Waals surface area (Å²) < 4.78 is 6.86. The third-order valence-corrected chi connectivity index (χ3v) is 3.30. The Bertz CT molecular complexity index is 639. The molecule has 0 aromatic carbocycles. The van der Waals surface area contributed by atoms with Crippen LogP contribution in [-0.4, -0.2) is 32.6 Å². The summed E-state index contributed by atoms with van der Waals surface area (Å²) in [6.07, 6.45) is 1.75. The summed E-state index contributed by atoms with van der Waals surface area (Å²) in [5, 5.41) is 0. The van der Waals surface area contributed by atoms with Crippen LogP contribution >= 0.6 is 0 Å². The quantitative estimate of drug-likeness (QED) is 0.752. The predicted octanol–water partition coefficient (Wildman–Crippen LogP) is 0.202. The van der Waals surface area contributed by atoms with Gasteiger partial charge in [-0.15, -0.1) is 0 Å². The number of rotatable bonds is 1. The number of aromatic nitrogens is 4. The van der Waals surface area contributed by atoms with Crippen molar-refractivity contribution >= 4 is 11.6 Å². The van der Waals surface area contributed by atoms with Crippen molar-refractivity contribution < 1.29 is 4.74 Å². The molecule has 2 aromatic rings. The van der Waals surface area contributed by atoms with Crippen molar-refractivity contribution in [2.24, 2.45) is 0 Å². The lowest BCUT2D eigenvalue weighted by molar-refractivity contribution is 0.0834. The highest BCUT2D eigenvalue weighted by Gasteiger charge is 2.23. The number of H-pyrrole nitrogens is 1. The Balaban J connectivity index is 2.20. The highest BCUT2D eigenvalue weighted by molar-refractivity contribution is 5.47. The Morgan fingerprint density at radius 1 is 1.39 bits per heavy atom. The lowest BCUT2D eigenvalue weighted by Gasteiger charge is -2.20. The molecule has 3 rings (SSSR count). The van der Waals surface area contributed by atoms with Crippen molar-refractivity contribution in [3.05, 3.63) is 22.0 Å². The predicted molar refractivity (Wildman–Crippen MR) is 65.6 cm³/mol. The van der Waals surface area contributed by atoms with Crippen molar-refractivity contribution in [2.75, 3.05) is 18.9 Å². The molecule has 7 nitrogen and oxygen atoms in total. The van der Waals surface area contributed by atoms with Crippen LogP contribution in [0.4, 0.5) is 5.95 Å². The molecule has 1 aliphatic rings. The highest BCUT2D eigenvalue weighted by atomic mass is 16.5. The number of imidazole rings is 1. The number of nitrogens with two attached hydrogens (primary N) is 1. The van der Waals surface area contributed by atoms with Crippen LogP contribution in [0.2, 0.25) is 0 Å². The van der Waals surface area contributed by atoms with Gasteiger partial charge in [0.15, 0.2) is 5.65 Å². The first-order valence-electron chi connectivity index (χ1n) is 5.99. The molecule has 1 aliphatic heterocycles. The molecule has 1 fully saturated rings. The maximum Gasteiger partial charge on any atom is 0.335 e. The zero-order chi connectivity index (χ0) is 12.7. The van der Waals surface area contributed by atoms with Crippen molar-refractivity contribution in [1.82, 2.24) is 19.4 Å². The first-order valence-corrected chi connectivity index (χ1v) is 5.99. The fraction of sp³-hybridized carbons (Fsp3) is 0.545. The number of aromatic amines is 1. The molecule has 0 aliphatic carbocycles. The summed E-state index contributed by atoms with van der Waals surface area (Å²) in [6.45, 7) is 3.25. The van der Waals surface area contributed by atoms with E-state index in [1.54, 1.807) is 0 Å². The second-order valence-electron chi connectivity index (χ2n) is 4.53. The number of hydrogen-bond donors (Lipinski definition) is 2. The van der Waals surface area contributed by atoms with Gasteiger partial charge in [-0.3, -0.25) is 4.98 Å². The SMILES string of the molecule is Cc1nc(C2CCOCC2)n2c(=O)[nH]c(N)nc12. The van der Waals surface area contributed by atoms with Gasteiger partial charge in [0.25, 0.3) is 0 Å². The molecule has 96 valence electrons. The van der Waals surface area contributed by atoms with Crippen molar-refractivity contribution in [1.29, 1.82) is 0 Å². The zero-order valence-electron chi connectivity index (χ0n) is 10.1. The van der Waals surface area contributed by atoms with Crippen molar-refractivity contribution in [2.45, 2.75) is 25.7 Å². The second-order valence-corrected chi connectivity index (χ2v) is 4.53. The van der Waals surface area contributed by atoms with Gasteiger partial charge < -0.3 is 10.5 Å². The molecule has 7 heteroatoms. The minimum absolute atomic E-state index is 0.119. The second kappa shape index (κ2) is 4.09. The molecule has 18 heavy (non-hydrogen) atoms. The van der Waals surface area contributed by atoms with Crippen LogP contribution in [0.5, 0.6) is 0 Å². The van der Waals surface area contributed by atoms with E-state index in [1.807, 2.05) is 6.92 Å². The van der Waals surface area contributed by atoms with E-state index >= 15 is 0 Å². The van der Waals surface area contributed by atoms with Gasteiger partial charge in [0, 0.05) is 19.1 Å². The Hall–Kier alpha value is -1.89. The number of nitrogens with zero attached hydrogens (tertiary/aromatic N) is 3. The summed E-state index contributed by atoms with van der Waals surface area (Å²) in [4.78, 5) is 23.1. The third kappa shape index (κ3) is 1.67. The Morgan fingerprint density at radius 2 is 2.11 bits per heavy atom. The van der Waals surface area contributed by atoms with E-state index < -0.39 is 0 Å². The van der Waals surface area contributed by atoms with Crippen molar-refractivity contribution in [3.63, 3.8) is 0 Å². The zero-order valence-corrected chi connectivity index (χ0v) is 10.1. The van der Waals surface area contributed by atoms with Crippen LogP contribution < -0.4 is 11.4 Å². The molecule has 0 saturated carbocycles. The van der Waals surface area contributed by atoms with Gasteiger partial charge in [0.1, 0.15) is 5.82 Å². The number of fused-ring (bicyclic) bond motifs is 1. The summed E-state index contributed by atoms with van der Waals surface area (Å²) >= 11 is 0. The lowest BCUT2D eigenvalue weighted by atomic mass is 10.00. The standard InChI is InChI=1S/C11H15N5O2/c1-6-8-14-10(12)15-11(17)16(8)9(13-6)7-2-4-18-5-3-7/h7H,2-5H2,1H3,(H3,12,14,15,17). The summed E-state index contributed by atoms with van der Waals surface area (Å²) in [7, 11) is 0. The molecule has 3 N–H and O–H groups in total. The molecule has 0 spiro atoms. The Kier molecular flexibility index (Phi) is 2.55. The molecule has 0 bridgehead atoms. The molecule has 0 radical (unpaired) electrons. The fourth-order valence-electron chi connectivity index (χ4n) is 2.41. The third-order valence-electron chi connectivity index (χ3n) is 3.30. The number of aryl methyl sites for hydroxylation is 1. The van der Waals surface area contributed by atoms with Gasteiger partial charge in [0.05, 0.1) is 5.69 Å². The summed E-state index contributed by atoms with van der Waals surface area (Å²) in [5.41, 5.74) is 6.55. The molecule has 3 heterocycles. The van der Waals surface area contributed by atoms with Crippen molar-refractivity contribution in [3.8, 4) is 0 Å². The summed E-state index contributed by atoms with van der Waals surface area (Å²) in [5.74, 6) is 1.13. The lowest BCUT2D eigenvalue weighted by Crippen LogP contribution is -2.24. The van der Waals surface area contributed by atoms with Crippen LogP contribution in [0.15, 0.2) is 4.79 Å². The van der Waals surface area contributed by atoms with Gasteiger partial charge in [-0.05, 0) is 19.8 Å². The van der Waals surface area contributed by atoms with Gasteiger partial charge in [-0.2, -0.15) is 4.98 Å². The molecule has 0 amide bonds. The number of nitrogens with one attached hydrogen (secondary N) is 1. The monoisotopic (exact) mass is 249 g/mol. The highest BCUT2D eigenvalue weighted by Crippen LogP contribution is 2.26. The summed E-state index contributed by atoms with van der Waals surface area (Å²) in [6, 6.07) is 0. The van der Waals surface area contributed by atoms with E-state index in [4.69, 9.17) is 10.5 Å². The van der Waals surface area contributed by atoms with Crippen LogP contribution in [0.25, 0.3) is 5.65 Å². The number of ether oxygens (including phenoxy) is 1. The average molecular weight is 249 g/mol. The molecular weight excluding hydrogens is 234 g/mol. The number of anilines is 1. The molecular formula is C11H15N5O2. The molecule has 0 atom stereocenters. The van der Waals surface area contributed by atoms with E-state index in [0.29, 0.717) is 18.9 Å². The smallest absolute Gasteiger partial charge is 0.335 e. The maximum absolute atomic E-state index is 12.0. The van der Waals surface area contributed by atoms with Gasteiger partial charge in [0.2, 0.25) is 5.95 Å². The fourth-order valence-corrected chi connectivity index (χ4v) is 2.41. The van der Waals surface area contributed by atoms with Crippen LogP contribution in [0, 0.1) is 6.92 Å².